The summed E-state index contributed by atoms with van der Waals surface area (Å²) in [6, 6.07) is 4.76. The molecule has 0 saturated heterocycles. The molecule has 1 rings (SSSR count). The van der Waals surface area contributed by atoms with E-state index in [4.69, 9.17) is 27.4 Å². The number of ether oxygens (including phenoxy) is 2. The Morgan fingerprint density at radius 1 is 1.42 bits per heavy atom. The van der Waals surface area contributed by atoms with Crippen LogP contribution in [0.1, 0.15) is 5.56 Å². The van der Waals surface area contributed by atoms with Crippen LogP contribution in [0.15, 0.2) is 18.2 Å². The Morgan fingerprint density at radius 2 is 2.11 bits per heavy atom. The van der Waals surface area contributed by atoms with Gasteiger partial charge >= 0.3 is 0 Å². The van der Waals surface area contributed by atoms with Crippen LogP contribution in [0.3, 0.4) is 0 Å². The summed E-state index contributed by atoms with van der Waals surface area (Å²) in [5.74, 6) is 0.218. The highest BCUT2D eigenvalue weighted by Gasteiger charge is 2.14. The van der Waals surface area contributed by atoms with Gasteiger partial charge in [-0.05, 0) is 18.2 Å². The van der Waals surface area contributed by atoms with Crippen LogP contribution in [0, 0.1) is 0 Å². The SMILES string of the molecule is COCCS(=O)(=O)Nc1ccc(C(N)=S)cc1OC. The molecule has 1 aromatic carbocycles. The van der Waals surface area contributed by atoms with Gasteiger partial charge in [-0.15, -0.1) is 0 Å². The first-order valence-electron chi connectivity index (χ1n) is 5.37. The number of hydrogen-bond acceptors (Lipinski definition) is 5. The van der Waals surface area contributed by atoms with E-state index in [9.17, 15) is 8.42 Å². The third kappa shape index (κ3) is 4.66. The molecule has 0 bridgehead atoms. The summed E-state index contributed by atoms with van der Waals surface area (Å²) < 4.78 is 35.8. The van der Waals surface area contributed by atoms with E-state index in [-0.39, 0.29) is 17.3 Å². The molecule has 6 nitrogen and oxygen atoms in total. The molecule has 0 aliphatic rings. The fourth-order valence-electron chi connectivity index (χ4n) is 1.34. The van der Waals surface area contributed by atoms with E-state index in [0.717, 1.165) is 0 Å². The molecule has 0 aliphatic heterocycles. The van der Waals surface area contributed by atoms with Gasteiger partial charge in [0.1, 0.15) is 10.7 Å². The van der Waals surface area contributed by atoms with Gasteiger partial charge in [-0.2, -0.15) is 0 Å². The Hall–Kier alpha value is -1.38. The Bertz CT molecular complexity index is 558. The van der Waals surface area contributed by atoms with E-state index >= 15 is 0 Å². The topological polar surface area (TPSA) is 90.7 Å². The van der Waals surface area contributed by atoms with Gasteiger partial charge in [0.15, 0.2) is 0 Å². The lowest BCUT2D eigenvalue weighted by Crippen LogP contribution is -2.20. The van der Waals surface area contributed by atoms with E-state index in [1.807, 2.05) is 0 Å². The molecule has 8 heteroatoms. The first kappa shape index (κ1) is 15.7. The molecule has 0 amide bonds. The summed E-state index contributed by atoms with van der Waals surface area (Å²) in [4.78, 5) is 0.215. The monoisotopic (exact) mass is 304 g/mol. The van der Waals surface area contributed by atoms with Crippen LogP contribution < -0.4 is 15.2 Å². The number of rotatable bonds is 7. The largest absolute Gasteiger partial charge is 0.495 e. The van der Waals surface area contributed by atoms with Crippen LogP contribution in [0.4, 0.5) is 5.69 Å². The molecule has 0 unspecified atom stereocenters. The number of sulfonamides is 1. The van der Waals surface area contributed by atoms with Gasteiger partial charge in [0.05, 0.1) is 25.2 Å². The van der Waals surface area contributed by atoms with E-state index in [0.29, 0.717) is 17.0 Å². The van der Waals surface area contributed by atoms with Crippen molar-refractivity contribution < 1.29 is 17.9 Å². The molecule has 0 radical (unpaired) electrons. The van der Waals surface area contributed by atoms with Crippen molar-refractivity contribution in [1.82, 2.24) is 0 Å². The average Bonchev–Trinajstić information content (AvgIpc) is 2.36. The summed E-state index contributed by atoms with van der Waals surface area (Å²) in [6.07, 6.45) is 0. The summed E-state index contributed by atoms with van der Waals surface area (Å²) >= 11 is 4.85. The Balaban J connectivity index is 2.98. The first-order chi connectivity index (χ1) is 8.89. The summed E-state index contributed by atoms with van der Waals surface area (Å²) in [7, 11) is -0.608. The van der Waals surface area contributed by atoms with Crippen molar-refractivity contribution in [3.8, 4) is 5.75 Å². The predicted octanol–water partition coefficient (Wildman–Crippen LogP) is 0.717. The number of methoxy groups -OCH3 is 2. The second kappa shape index (κ2) is 6.69. The van der Waals surface area contributed by atoms with Crippen LogP contribution in [-0.4, -0.2) is 40.0 Å². The number of thiocarbonyl (C=S) groups is 1. The van der Waals surface area contributed by atoms with Crippen LogP contribution in [0.25, 0.3) is 0 Å². The number of benzene rings is 1. The fourth-order valence-corrected chi connectivity index (χ4v) is 2.46. The smallest absolute Gasteiger partial charge is 0.235 e. The predicted molar refractivity (Wildman–Crippen MR) is 78.2 cm³/mol. The van der Waals surface area contributed by atoms with Gasteiger partial charge in [0, 0.05) is 12.7 Å². The van der Waals surface area contributed by atoms with Crippen molar-refractivity contribution in [3.63, 3.8) is 0 Å². The van der Waals surface area contributed by atoms with Crippen LogP contribution >= 0.6 is 12.2 Å². The minimum atomic E-state index is -3.48. The third-order valence-corrected chi connectivity index (χ3v) is 3.78. The van der Waals surface area contributed by atoms with Crippen molar-refractivity contribution >= 4 is 32.9 Å². The van der Waals surface area contributed by atoms with Gasteiger partial charge in [-0.3, -0.25) is 4.72 Å². The molecule has 0 spiro atoms. The average molecular weight is 304 g/mol. The maximum absolute atomic E-state index is 11.7. The second-order valence-electron chi connectivity index (χ2n) is 3.69. The van der Waals surface area contributed by atoms with Crippen molar-refractivity contribution in [2.45, 2.75) is 0 Å². The summed E-state index contributed by atoms with van der Waals surface area (Å²) in [6.45, 7) is 0.114. The molecule has 19 heavy (non-hydrogen) atoms. The molecule has 1 aromatic rings. The highest BCUT2D eigenvalue weighted by molar-refractivity contribution is 7.92. The number of nitrogens with one attached hydrogen (secondary N) is 1. The Labute approximate surface area is 117 Å². The third-order valence-electron chi connectivity index (χ3n) is 2.31. The van der Waals surface area contributed by atoms with Crippen LogP contribution in [0.2, 0.25) is 0 Å². The number of hydrogen-bond donors (Lipinski definition) is 2. The van der Waals surface area contributed by atoms with Crippen LogP contribution in [0.5, 0.6) is 5.75 Å². The standard InChI is InChI=1S/C11H16N2O4S2/c1-16-5-6-19(14,15)13-9-4-3-8(11(12)18)7-10(9)17-2/h3-4,7,13H,5-6H2,1-2H3,(H2,12,18). The lowest BCUT2D eigenvalue weighted by atomic mass is 10.2. The van der Waals surface area contributed by atoms with Gasteiger partial charge in [0.25, 0.3) is 0 Å². The van der Waals surface area contributed by atoms with Crippen molar-refractivity contribution in [2.75, 3.05) is 31.3 Å². The van der Waals surface area contributed by atoms with Crippen LogP contribution in [-0.2, 0) is 14.8 Å². The zero-order valence-corrected chi connectivity index (χ0v) is 12.3. The zero-order valence-electron chi connectivity index (χ0n) is 10.7. The van der Waals surface area contributed by atoms with Crippen molar-refractivity contribution in [1.29, 1.82) is 0 Å². The van der Waals surface area contributed by atoms with Gasteiger partial charge < -0.3 is 15.2 Å². The highest BCUT2D eigenvalue weighted by Crippen LogP contribution is 2.26. The molecule has 0 heterocycles. The lowest BCUT2D eigenvalue weighted by molar-refractivity contribution is 0.217. The minimum Gasteiger partial charge on any atom is -0.495 e. The number of nitrogens with two attached hydrogens (primary N) is 1. The van der Waals surface area contributed by atoms with Gasteiger partial charge in [0.2, 0.25) is 10.0 Å². The van der Waals surface area contributed by atoms with Crippen molar-refractivity contribution in [3.05, 3.63) is 23.8 Å². The van der Waals surface area contributed by atoms with E-state index in [1.54, 1.807) is 18.2 Å². The number of anilines is 1. The maximum atomic E-state index is 11.7. The second-order valence-corrected chi connectivity index (χ2v) is 5.97. The van der Waals surface area contributed by atoms with E-state index < -0.39 is 10.0 Å². The first-order valence-corrected chi connectivity index (χ1v) is 7.43. The Morgan fingerprint density at radius 3 is 2.63 bits per heavy atom. The molecule has 106 valence electrons. The van der Waals surface area contributed by atoms with E-state index in [1.165, 1.54) is 14.2 Å². The lowest BCUT2D eigenvalue weighted by Gasteiger charge is -2.12. The highest BCUT2D eigenvalue weighted by atomic mass is 32.2. The fraction of sp³-hybridized carbons (Fsp3) is 0.364. The molecule has 3 N–H and O–H groups in total. The molecule has 0 saturated carbocycles. The summed E-state index contributed by atoms with van der Waals surface area (Å²) in [5, 5.41) is 0. The zero-order chi connectivity index (χ0) is 14.5. The molecular weight excluding hydrogens is 288 g/mol. The molecule has 0 atom stereocenters. The maximum Gasteiger partial charge on any atom is 0.235 e. The molecular formula is C11H16N2O4S2. The van der Waals surface area contributed by atoms with E-state index in [2.05, 4.69) is 4.72 Å². The molecule has 0 fully saturated rings. The molecule has 0 aliphatic carbocycles. The Kier molecular flexibility index (Phi) is 5.52. The quantitative estimate of drug-likeness (QED) is 0.721. The minimum absolute atomic E-state index is 0.114. The van der Waals surface area contributed by atoms with Gasteiger partial charge in [-0.1, -0.05) is 12.2 Å². The summed E-state index contributed by atoms with van der Waals surface area (Å²) in [5.41, 5.74) is 6.44. The molecule has 0 aromatic heterocycles. The van der Waals surface area contributed by atoms with Gasteiger partial charge in [-0.25, -0.2) is 8.42 Å². The normalized spacial score (nSPS) is 11.1. The van der Waals surface area contributed by atoms with Crippen molar-refractivity contribution in [2.24, 2.45) is 5.73 Å².